The summed E-state index contributed by atoms with van der Waals surface area (Å²) in [6, 6.07) is 0. The van der Waals surface area contributed by atoms with Crippen LogP contribution >= 0.6 is 7.82 Å². The van der Waals surface area contributed by atoms with E-state index in [1.807, 2.05) is 0 Å². The van der Waals surface area contributed by atoms with E-state index in [4.69, 9.17) is 18.3 Å². The first-order valence-electron chi connectivity index (χ1n) is 10.8. The zero-order chi connectivity index (χ0) is 19.4. The zero-order valence-electron chi connectivity index (χ0n) is 16.7. The third-order valence-electron chi connectivity index (χ3n) is 4.94. The monoisotopic (exact) mass is 402 g/mol. The molecule has 0 N–H and O–H groups in total. The summed E-state index contributed by atoms with van der Waals surface area (Å²) in [4.78, 5) is 11.7. The van der Waals surface area contributed by atoms with E-state index in [-0.39, 0.29) is 11.9 Å². The molecule has 6 nitrogen and oxygen atoms in total. The maximum atomic E-state index is 11.7. The lowest BCUT2D eigenvalue weighted by atomic mass is 10.0. The fourth-order valence-electron chi connectivity index (χ4n) is 3.32. The van der Waals surface area contributed by atoms with Gasteiger partial charge in [-0.1, -0.05) is 96.8 Å². The van der Waals surface area contributed by atoms with Crippen molar-refractivity contribution in [3.05, 3.63) is 11.9 Å². The summed E-state index contributed by atoms with van der Waals surface area (Å²) in [6.45, 7) is 2.26. The standard InChI is InChI=1S/C20H35O6P/c1-2-3-4-5-6-7-8-9-10-11-12-13-14-15-16-17-18(21)23-19-20-25-27(22,24-19)26-20/h2-17H2,1H3. The number of phosphoric acid groups is 1. The van der Waals surface area contributed by atoms with Gasteiger partial charge in [-0.05, 0) is 6.42 Å². The van der Waals surface area contributed by atoms with Gasteiger partial charge in [0.15, 0.2) is 0 Å². The van der Waals surface area contributed by atoms with Gasteiger partial charge < -0.3 is 18.3 Å². The van der Waals surface area contributed by atoms with Crippen LogP contribution < -0.4 is 0 Å². The maximum Gasteiger partial charge on any atom is 0.654 e. The van der Waals surface area contributed by atoms with Gasteiger partial charge in [0.1, 0.15) is 0 Å². The average Bonchev–Trinajstić information content (AvgIpc) is 3.09. The number of rotatable bonds is 17. The Hall–Kier alpha value is -1.16. The van der Waals surface area contributed by atoms with Crippen LogP contribution in [0.15, 0.2) is 11.9 Å². The first-order chi connectivity index (χ1) is 13.1. The average molecular weight is 402 g/mol. The highest BCUT2D eigenvalue weighted by atomic mass is 31.2. The molecular weight excluding hydrogens is 367 g/mol. The fourth-order valence-corrected chi connectivity index (χ4v) is 4.27. The summed E-state index contributed by atoms with van der Waals surface area (Å²) in [5, 5.41) is 0. The number of ether oxygens (including phenoxy) is 1. The minimum absolute atomic E-state index is 0.0804. The first kappa shape index (κ1) is 22.1. The molecule has 2 bridgehead atoms. The summed E-state index contributed by atoms with van der Waals surface area (Å²) in [5.41, 5.74) is 0. The van der Waals surface area contributed by atoms with Crippen molar-refractivity contribution in [3.63, 3.8) is 0 Å². The molecule has 27 heavy (non-hydrogen) atoms. The fraction of sp³-hybridized carbons (Fsp3) is 0.850. The van der Waals surface area contributed by atoms with Gasteiger partial charge in [-0.2, -0.15) is 4.57 Å². The van der Waals surface area contributed by atoms with Gasteiger partial charge in [-0.3, -0.25) is 4.79 Å². The van der Waals surface area contributed by atoms with Gasteiger partial charge in [0, 0.05) is 6.42 Å². The van der Waals surface area contributed by atoms with Crippen molar-refractivity contribution < 1.29 is 27.7 Å². The van der Waals surface area contributed by atoms with Crippen molar-refractivity contribution in [2.75, 3.05) is 0 Å². The second-order valence-corrected chi connectivity index (χ2v) is 8.91. The van der Waals surface area contributed by atoms with E-state index in [2.05, 4.69) is 6.92 Å². The Morgan fingerprint density at radius 1 is 0.741 bits per heavy atom. The maximum absolute atomic E-state index is 11.7. The second kappa shape index (κ2) is 12.3. The summed E-state index contributed by atoms with van der Waals surface area (Å²) in [7, 11) is -3.43. The van der Waals surface area contributed by atoms with Crippen LogP contribution in [0.25, 0.3) is 0 Å². The summed E-state index contributed by atoms with van der Waals surface area (Å²) in [6.07, 6.45) is 19.6. The quantitative estimate of drug-likeness (QED) is 0.147. The van der Waals surface area contributed by atoms with Crippen LogP contribution in [0.3, 0.4) is 0 Å². The number of fused-ring (bicyclic) bond motifs is 1. The van der Waals surface area contributed by atoms with Crippen molar-refractivity contribution in [1.29, 1.82) is 0 Å². The largest absolute Gasteiger partial charge is 0.654 e. The third-order valence-corrected chi connectivity index (χ3v) is 6.11. The number of unbranched alkanes of at least 4 members (excludes halogenated alkanes) is 14. The Kier molecular flexibility index (Phi) is 10.1. The number of carbonyl (C=O) groups excluding carboxylic acids is 1. The molecule has 1 fully saturated rings. The molecule has 0 unspecified atom stereocenters. The summed E-state index contributed by atoms with van der Waals surface area (Å²) < 4.78 is 30.4. The second-order valence-electron chi connectivity index (χ2n) is 7.47. The van der Waals surface area contributed by atoms with Gasteiger partial charge in [-0.15, -0.1) is 0 Å². The highest BCUT2D eigenvalue weighted by Crippen LogP contribution is 2.70. The Balaban J connectivity index is 1.29. The minimum Gasteiger partial charge on any atom is -0.387 e. The van der Waals surface area contributed by atoms with Gasteiger partial charge in [0.2, 0.25) is 0 Å². The van der Waals surface area contributed by atoms with Crippen LogP contribution in [-0.2, 0) is 27.7 Å². The lowest BCUT2D eigenvalue weighted by Crippen LogP contribution is -2.04. The molecule has 3 aliphatic rings. The highest BCUT2D eigenvalue weighted by Gasteiger charge is 2.58. The van der Waals surface area contributed by atoms with E-state index in [0.29, 0.717) is 6.42 Å². The third kappa shape index (κ3) is 8.59. The minimum atomic E-state index is -3.43. The van der Waals surface area contributed by atoms with E-state index in [9.17, 15) is 9.36 Å². The zero-order valence-corrected chi connectivity index (χ0v) is 17.6. The Bertz CT molecular complexity index is 519. The van der Waals surface area contributed by atoms with Gasteiger partial charge >= 0.3 is 25.7 Å². The number of esters is 1. The Morgan fingerprint density at radius 2 is 1.19 bits per heavy atom. The predicted molar refractivity (Wildman–Crippen MR) is 104 cm³/mol. The van der Waals surface area contributed by atoms with Crippen molar-refractivity contribution >= 4 is 13.8 Å². The molecule has 0 aromatic rings. The smallest absolute Gasteiger partial charge is 0.387 e. The van der Waals surface area contributed by atoms with Crippen molar-refractivity contribution in [3.8, 4) is 0 Å². The van der Waals surface area contributed by atoms with Gasteiger partial charge in [-0.25, -0.2) is 0 Å². The molecule has 1 saturated heterocycles. The molecule has 0 spiro atoms. The molecule has 156 valence electrons. The van der Waals surface area contributed by atoms with E-state index < -0.39 is 13.8 Å². The van der Waals surface area contributed by atoms with Gasteiger partial charge in [0.25, 0.3) is 0 Å². The molecule has 3 aliphatic heterocycles. The van der Waals surface area contributed by atoms with Crippen LogP contribution in [0, 0.1) is 0 Å². The van der Waals surface area contributed by atoms with Crippen LogP contribution in [-0.4, -0.2) is 5.97 Å². The van der Waals surface area contributed by atoms with Crippen molar-refractivity contribution in [2.45, 2.75) is 110 Å². The highest BCUT2D eigenvalue weighted by molar-refractivity contribution is 7.50. The van der Waals surface area contributed by atoms with Crippen molar-refractivity contribution in [1.82, 2.24) is 0 Å². The van der Waals surface area contributed by atoms with E-state index in [1.165, 1.54) is 77.0 Å². The SMILES string of the molecule is CCCCCCCCCCCCCCCCCC(=O)OC1=C2OP(=O)(O1)O2. The molecule has 3 rings (SSSR count). The van der Waals surface area contributed by atoms with Crippen LogP contribution in [0.1, 0.15) is 110 Å². The van der Waals surface area contributed by atoms with E-state index in [1.54, 1.807) is 0 Å². The Morgan fingerprint density at radius 3 is 1.59 bits per heavy atom. The van der Waals surface area contributed by atoms with Crippen LogP contribution in [0.2, 0.25) is 0 Å². The normalized spacial score (nSPS) is 16.3. The molecule has 0 radical (unpaired) electrons. The molecular formula is C20H35O6P. The molecule has 3 heterocycles. The summed E-state index contributed by atoms with van der Waals surface area (Å²) in [5.74, 6) is -0.674. The number of hydrogen-bond donors (Lipinski definition) is 0. The topological polar surface area (TPSA) is 71.1 Å². The number of hydrogen-bond acceptors (Lipinski definition) is 6. The molecule has 7 heteroatoms. The first-order valence-corrected chi connectivity index (χ1v) is 12.2. The van der Waals surface area contributed by atoms with Crippen molar-refractivity contribution in [2.24, 2.45) is 0 Å². The summed E-state index contributed by atoms with van der Waals surface area (Å²) >= 11 is 0. The van der Waals surface area contributed by atoms with E-state index >= 15 is 0 Å². The van der Waals surface area contributed by atoms with E-state index in [0.717, 1.165) is 19.3 Å². The van der Waals surface area contributed by atoms with Crippen LogP contribution in [0.4, 0.5) is 0 Å². The molecule has 0 saturated carbocycles. The van der Waals surface area contributed by atoms with Gasteiger partial charge in [0.05, 0.1) is 0 Å². The van der Waals surface area contributed by atoms with Crippen LogP contribution in [0.5, 0.6) is 0 Å². The molecule has 0 aromatic carbocycles. The lowest BCUT2D eigenvalue weighted by Gasteiger charge is -2.14. The molecule has 0 amide bonds. The lowest BCUT2D eigenvalue weighted by molar-refractivity contribution is -0.142. The predicted octanol–water partition coefficient (Wildman–Crippen LogP) is 7.10. The Labute approximate surface area is 163 Å². The number of carbonyl (C=O) groups is 1. The number of phosphoric ester groups is 1. The molecule has 0 aliphatic carbocycles. The molecule has 0 aromatic heterocycles. The molecule has 0 atom stereocenters.